The van der Waals surface area contributed by atoms with E-state index in [4.69, 9.17) is 11.6 Å². The van der Waals surface area contributed by atoms with Gasteiger partial charge >= 0.3 is 7.25 Å². The van der Waals surface area contributed by atoms with Gasteiger partial charge in [-0.3, -0.25) is 0 Å². The van der Waals surface area contributed by atoms with Crippen LogP contribution in [-0.2, 0) is 0 Å². The zero-order valence-corrected chi connectivity index (χ0v) is 13.1. The molecule has 1 rings (SSSR count). The van der Waals surface area contributed by atoms with Crippen molar-refractivity contribution in [1.82, 2.24) is 4.90 Å². The number of hydrogen-bond acceptors (Lipinski definition) is 1. The maximum Gasteiger partial charge on any atom is 0.673 e. The lowest BCUT2D eigenvalue weighted by atomic mass is 10.1. The summed E-state index contributed by atoms with van der Waals surface area (Å²) in [5, 5.41) is 0.762. The molecule has 0 atom stereocenters. The van der Waals surface area contributed by atoms with Gasteiger partial charge < -0.3 is 22.2 Å². The summed E-state index contributed by atoms with van der Waals surface area (Å²) in [6, 6.07) is 7.86. The van der Waals surface area contributed by atoms with Crippen molar-refractivity contribution in [3.63, 3.8) is 0 Å². The van der Waals surface area contributed by atoms with E-state index in [1.165, 1.54) is 0 Å². The van der Waals surface area contributed by atoms with Gasteiger partial charge in [-0.05, 0) is 17.7 Å². The number of allylic oxidation sites excluding steroid dienone is 1. The summed E-state index contributed by atoms with van der Waals surface area (Å²) < 4.78 is 41.0. The predicted octanol–water partition coefficient (Wildman–Crippen LogP) is 3.89. The lowest BCUT2D eigenvalue weighted by molar-refractivity contribution is -0.458. The van der Waals surface area contributed by atoms with E-state index < -0.39 is 7.25 Å². The molecule has 0 saturated carbocycles. The van der Waals surface area contributed by atoms with Crippen LogP contribution in [0.25, 0.3) is 5.57 Å². The van der Waals surface area contributed by atoms with E-state index in [1.54, 1.807) is 0 Å². The van der Waals surface area contributed by atoms with Crippen molar-refractivity contribution in [3.05, 3.63) is 41.1 Å². The maximum atomic E-state index is 9.75. The number of hydrogen-bond donors (Lipinski definition) is 0. The standard InChI is InChI=1S/C13H18ClN2.BF4/c1-15(2)9-12(10-16(3)4)11-5-7-13(14)8-6-11;2-1(3,4)5/h5-10H,1-4H3;/q+1;-1. The van der Waals surface area contributed by atoms with Crippen LogP contribution in [0, 0.1) is 0 Å². The molecule has 0 aliphatic rings. The Morgan fingerprint density at radius 1 is 1.10 bits per heavy atom. The normalized spacial score (nSPS) is 11.4. The monoisotopic (exact) mass is 324 g/mol. The third-order valence-electron chi connectivity index (χ3n) is 1.97. The van der Waals surface area contributed by atoms with Crippen molar-refractivity contribution in [2.75, 3.05) is 28.2 Å². The van der Waals surface area contributed by atoms with Crippen molar-refractivity contribution in [3.8, 4) is 0 Å². The highest BCUT2D eigenvalue weighted by molar-refractivity contribution is 6.50. The van der Waals surface area contributed by atoms with Gasteiger partial charge in [-0.25, -0.2) is 4.58 Å². The summed E-state index contributed by atoms with van der Waals surface area (Å²) in [6.07, 6.45) is 4.17. The smallest absolute Gasteiger partial charge is 0.418 e. The van der Waals surface area contributed by atoms with Gasteiger partial charge in [0.15, 0.2) is 6.21 Å². The molecule has 0 radical (unpaired) electrons. The Balaban J connectivity index is 0.000000690. The Labute approximate surface area is 127 Å². The van der Waals surface area contributed by atoms with Crippen LogP contribution in [0.3, 0.4) is 0 Å². The van der Waals surface area contributed by atoms with Gasteiger partial charge in [-0.2, -0.15) is 0 Å². The second kappa shape index (κ2) is 8.72. The molecule has 21 heavy (non-hydrogen) atoms. The zero-order chi connectivity index (χ0) is 16.6. The maximum absolute atomic E-state index is 9.75. The highest BCUT2D eigenvalue weighted by Gasteiger charge is 2.20. The van der Waals surface area contributed by atoms with Crippen molar-refractivity contribution < 1.29 is 21.8 Å². The molecule has 0 bridgehead atoms. The van der Waals surface area contributed by atoms with E-state index in [2.05, 4.69) is 12.4 Å². The van der Waals surface area contributed by atoms with E-state index in [9.17, 15) is 17.3 Å². The summed E-state index contributed by atoms with van der Waals surface area (Å²) in [6.45, 7) is 0. The van der Waals surface area contributed by atoms with Gasteiger partial charge in [-0.1, -0.05) is 23.7 Å². The van der Waals surface area contributed by atoms with Crippen LogP contribution in [-0.4, -0.2) is 51.1 Å². The van der Waals surface area contributed by atoms with Crippen LogP contribution in [0.1, 0.15) is 5.56 Å². The summed E-state index contributed by atoms with van der Waals surface area (Å²) in [5.74, 6) is 0. The Morgan fingerprint density at radius 2 is 1.52 bits per heavy atom. The second-order valence-corrected chi connectivity index (χ2v) is 5.08. The summed E-state index contributed by atoms with van der Waals surface area (Å²) >= 11 is 5.88. The molecule has 0 aliphatic heterocycles. The molecule has 0 fully saturated rings. The van der Waals surface area contributed by atoms with E-state index in [1.807, 2.05) is 61.9 Å². The number of rotatable bonds is 3. The molecule has 0 heterocycles. The minimum atomic E-state index is -6.00. The van der Waals surface area contributed by atoms with Crippen LogP contribution < -0.4 is 0 Å². The Bertz CT molecular complexity index is 486. The third-order valence-corrected chi connectivity index (χ3v) is 2.22. The van der Waals surface area contributed by atoms with Crippen molar-refractivity contribution in [2.45, 2.75) is 0 Å². The average molecular weight is 325 g/mol. The first-order valence-electron chi connectivity index (χ1n) is 6.02. The third kappa shape index (κ3) is 12.0. The molecule has 8 heteroatoms. The SMILES string of the molecule is CN(C)/C=C(\C=[N+](C)C)c1ccc(Cl)cc1.F[B-](F)(F)F. The van der Waals surface area contributed by atoms with Gasteiger partial charge in [0.2, 0.25) is 0 Å². The largest absolute Gasteiger partial charge is 0.673 e. The number of halogens is 5. The second-order valence-electron chi connectivity index (χ2n) is 4.64. The molecular formula is C13H18BClF4N2. The molecule has 0 saturated heterocycles. The van der Waals surface area contributed by atoms with E-state index in [0.29, 0.717) is 0 Å². The van der Waals surface area contributed by atoms with Crippen LogP contribution in [0.5, 0.6) is 0 Å². The fraction of sp³-hybridized carbons (Fsp3) is 0.308. The van der Waals surface area contributed by atoms with Crippen LogP contribution in [0.4, 0.5) is 17.3 Å². The highest BCUT2D eigenvalue weighted by atomic mass is 35.5. The Hall–Kier alpha value is -1.50. The fourth-order valence-electron chi connectivity index (χ4n) is 1.38. The summed E-state index contributed by atoms with van der Waals surface area (Å²) in [4.78, 5) is 2.03. The van der Waals surface area contributed by atoms with E-state index in [-0.39, 0.29) is 0 Å². The lowest BCUT2D eigenvalue weighted by Crippen LogP contribution is -2.07. The molecule has 0 spiro atoms. The predicted molar refractivity (Wildman–Crippen MR) is 81.5 cm³/mol. The minimum Gasteiger partial charge on any atom is -0.418 e. The topological polar surface area (TPSA) is 6.25 Å². The first kappa shape index (κ1) is 19.5. The van der Waals surface area contributed by atoms with E-state index in [0.717, 1.165) is 16.2 Å². The molecule has 0 N–H and O–H groups in total. The van der Waals surface area contributed by atoms with E-state index >= 15 is 0 Å². The molecule has 1 aromatic carbocycles. The van der Waals surface area contributed by atoms with Gasteiger partial charge in [0.05, 0.1) is 5.57 Å². The first-order chi connectivity index (χ1) is 9.49. The molecule has 1 aromatic rings. The average Bonchev–Trinajstić information content (AvgIpc) is 2.25. The van der Waals surface area contributed by atoms with Gasteiger partial charge in [0.25, 0.3) is 0 Å². The molecule has 0 unspecified atom stereocenters. The summed E-state index contributed by atoms with van der Waals surface area (Å²) in [5.41, 5.74) is 2.32. The van der Waals surface area contributed by atoms with Gasteiger partial charge in [-0.15, -0.1) is 0 Å². The fourth-order valence-corrected chi connectivity index (χ4v) is 1.51. The van der Waals surface area contributed by atoms with Crippen LogP contribution in [0.2, 0.25) is 5.02 Å². The van der Waals surface area contributed by atoms with Crippen molar-refractivity contribution in [2.24, 2.45) is 0 Å². The number of benzene rings is 1. The van der Waals surface area contributed by atoms with Gasteiger partial charge in [0.1, 0.15) is 14.1 Å². The summed E-state index contributed by atoms with van der Waals surface area (Å²) in [7, 11) is 2.05. The van der Waals surface area contributed by atoms with Gasteiger partial charge in [0, 0.05) is 25.3 Å². The zero-order valence-electron chi connectivity index (χ0n) is 12.3. The molecule has 2 nitrogen and oxygen atoms in total. The molecule has 0 amide bonds. The molecular weight excluding hydrogens is 306 g/mol. The lowest BCUT2D eigenvalue weighted by Gasteiger charge is -2.08. The van der Waals surface area contributed by atoms with Crippen LogP contribution >= 0.6 is 11.6 Å². The first-order valence-corrected chi connectivity index (χ1v) is 6.39. The van der Waals surface area contributed by atoms with Crippen LogP contribution in [0.15, 0.2) is 30.5 Å². The quantitative estimate of drug-likeness (QED) is 0.354. The molecule has 0 aliphatic carbocycles. The van der Waals surface area contributed by atoms with Crippen molar-refractivity contribution >= 4 is 30.6 Å². The minimum absolute atomic E-state index is 0.762. The van der Waals surface area contributed by atoms with Crippen molar-refractivity contribution in [1.29, 1.82) is 0 Å². The number of nitrogens with zero attached hydrogens (tertiary/aromatic N) is 2. The Kier molecular flexibility index (Phi) is 8.10. The molecule has 118 valence electrons. The Morgan fingerprint density at radius 3 is 1.86 bits per heavy atom. The molecule has 0 aromatic heterocycles. The highest BCUT2D eigenvalue weighted by Crippen LogP contribution is 2.16.